The van der Waals surface area contributed by atoms with Crippen molar-refractivity contribution < 1.29 is 9.53 Å². The zero-order valence-corrected chi connectivity index (χ0v) is 21.5. The third kappa shape index (κ3) is 4.21. The Morgan fingerprint density at radius 2 is 2.03 bits per heavy atom. The molecule has 0 spiro atoms. The van der Waals surface area contributed by atoms with E-state index in [1.165, 1.54) is 19.3 Å². The van der Waals surface area contributed by atoms with Crippen LogP contribution in [0.1, 0.15) is 59.1 Å². The first-order chi connectivity index (χ1) is 17.3. The van der Waals surface area contributed by atoms with Crippen molar-refractivity contribution in [3.05, 3.63) is 69.9 Å². The molecule has 4 heterocycles. The lowest BCUT2D eigenvalue weighted by Crippen LogP contribution is -2.49. The molecule has 188 valence electrons. The number of hydrogen-bond donors (Lipinski definition) is 1. The van der Waals surface area contributed by atoms with E-state index in [0.717, 1.165) is 34.6 Å². The van der Waals surface area contributed by atoms with Gasteiger partial charge in [0.2, 0.25) is 0 Å². The first kappa shape index (κ1) is 23.6. The number of halogens is 1. The number of hydrogen-bond acceptors (Lipinski definition) is 6. The normalized spacial score (nSPS) is 19.6. The number of anilines is 1. The maximum Gasteiger partial charge on any atom is 0.260 e. The first-order valence-corrected chi connectivity index (χ1v) is 13.0. The summed E-state index contributed by atoms with van der Waals surface area (Å²) in [6.07, 6.45) is 6.29. The number of nitrogens with one attached hydrogen (secondary N) is 1. The van der Waals surface area contributed by atoms with E-state index < -0.39 is 0 Å². The van der Waals surface area contributed by atoms with E-state index in [-0.39, 0.29) is 11.3 Å². The van der Waals surface area contributed by atoms with E-state index in [9.17, 15) is 4.79 Å². The van der Waals surface area contributed by atoms with Gasteiger partial charge in [-0.25, -0.2) is 4.98 Å². The summed E-state index contributed by atoms with van der Waals surface area (Å²) < 4.78 is 7.56. The van der Waals surface area contributed by atoms with Gasteiger partial charge in [0.25, 0.3) is 5.91 Å². The van der Waals surface area contributed by atoms with Gasteiger partial charge in [-0.3, -0.25) is 9.69 Å². The Morgan fingerprint density at radius 3 is 2.69 bits per heavy atom. The molecule has 9 heteroatoms. The number of carbonyl (C=O) groups is 1. The third-order valence-corrected chi connectivity index (χ3v) is 8.34. The summed E-state index contributed by atoms with van der Waals surface area (Å²) in [6, 6.07) is 10.1. The second-order valence-corrected chi connectivity index (χ2v) is 11.4. The van der Waals surface area contributed by atoms with Gasteiger partial charge in [0.15, 0.2) is 0 Å². The molecule has 1 saturated heterocycles. The fourth-order valence-corrected chi connectivity index (χ4v) is 5.77. The molecule has 2 fully saturated rings. The molecule has 1 aliphatic carbocycles. The number of ether oxygens (including phenoxy) is 1. The highest BCUT2D eigenvalue weighted by Crippen LogP contribution is 2.40. The number of carbonyl (C=O) groups excluding carboxylic acids is 1. The van der Waals surface area contributed by atoms with Gasteiger partial charge in [0.1, 0.15) is 23.1 Å². The summed E-state index contributed by atoms with van der Waals surface area (Å²) in [7, 11) is 1.95. The van der Waals surface area contributed by atoms with Gasteiger partial charge in [-0.2, -0.15) is 0 Å². The quantitative estimate of drug-likeness (QED) is 0.468. The Kier molecular flexibility index (Phi) is 5.85. The van der Waals surface area contributed by atoms with E-state index in [0.29, 0.717) is 49.1 Å². The van der Waals surface area contributed by atoms with Crippen LogP contribution in [0.4, 0.5) is 5.82 Å². The smallest absolute Gasteiger partial charge is 0.260 e. The number of pyridine rings is 1. The molecule has 1 aromatic carbocycles. The second-order valence-electron chi connectivity index (χ2n) is 11.0. The highest BCUT2D eigenvalue weighted by atomic mass is 35.5. The Balaban J connectivity index is 1.21. The molecular formula is C27H31ClN6O2. The molecule has 3 aliphatic rings. The van der Waals surface area contributed by atoms with Crippen LogP contribution in [0.3, 0.4) is 0 Å². The predicted octanol–water partition coefficient (Wildman–Crippen LogP) is 3.81. The van der Waals surface area contributed by atoms with Crippen molar-refractivity contribution in [1.82, 2.24) is 25.1 Å². The van der Waals surface area contributed by atoms with E-state index in [1.54, 1.807) is 11.2 Å². The highest BCUT2D eigenvalue weighted by Gasteiger charge is 2.43. The predicted molar refractivity (Wildman–Crippen MR) is 137 cm³/mol. The number of rotatable bonds is 8. The number of aryl methyl sites for hydroxylation is 1. The van der Waals surface area contributed by atoms with Crippen molar-refractivity contribution in [2.24, 2.45) is 12.5 Å². The summed E-state index contributed by atoms with van der Waals surface area (Å²) >= 11 is 6.38. The summed E-state index contributed by atoms with van der Waals surface area (Å²) in [5.74, 6) is 1.46. The highest BCUT2D eigenvalue weighted by molar-refractivity contribution is 6.29. The summed E-state index contributed by atoms with van der Waals surface area (Å²) in [5.41, 5.74) is 4.05. The lowest BCUT2D eigenvalue weighted by atomic mass is 9.70. The molecule has 0 unspecified atom stereocenters. The van der Waals surface area contributed by atoms with Gasteiger partial charge in [-0.15, -0.1) is 10.2 Å². The van der Waals surface area contributed by atoms with Gasteiger partial charge in [0, 0.05) is 37.5 Å². The average molecular weight is 507 g/mol. The molecule has 3 aromatic rings. The Hall–Kier alpha value is -2.81. The number of amides is 1. The molecule has 0 radical (unpaired) electrons. The third-order valence-electron chi connectivity index (χ3n) is 8.14. The lowest BCUT2D eigenvalue weighted by Gasteiger charge is -2.41. The Bertz CT molecular complexity index is 1310. The van der Waals surface area contributed by atoms with Gasteiger partial charge in [-0.1, -0.05) is 37.1 Å². The second kappa shape index (κ2) is 8.94. The minimum atomic E-state index is -0.201. The van der Waals surface area contributed by atoms with E-state index in [4.69, 9.17) is 16.3 Å². The maximum absolute atomic E-state index is 13.5. The minimum Gasteiger partial charge on any atom is -0.379 e. The molecule has 0 bridgehead atoms. The maximum atomic E-state index is 13.5. The largest absolute Gasteiger partial charge is 0.379 e. The standard InChI is InChI=1S/C27H31ClN6O2/c1-26(6-3-7-26)14-29-12-18-8-22(28)31-23(9-18)34-13-19-4-5-20(10-21(19)25(34)35)27(15-36-16-27)11-24-32-30-17-33(24)2/h4-5,8-10,17,29H,3,6-7,11-16H2,1-2H3. The van der Waals surface area contributed by atoms with Gasteiger partial charge < -0.3 is 14.6 Å². The lowest BCUT2D eigenvalue weighted by molar-refractivity contribution is -0.0611. The molecule has 1 amide bonds. The van der Waals surface area contributed by atoms with Crippen LogP contribution in [0, 0.1) is 5.41 Å². The molecule has 8 nitrogen and oxygen atoms in total. The van der Waals surface area contributed by atoms with Crippen molar-refractivity contribution in [2.45, 2.75) is 51.1 Å². The average Bonchev–Trinajstić information content (AvgIpc) is 3.37. The van der Waals surface area contributed by atoms with Crippen molar-refractivity contribution in [3.63, 3.8) is 0 Å². The van der Waals surface area contributed by atoms with E-state index in [2.05, 4.69) is 39.6 Å². The molecule has 1 saturated carbocycles. The van der Waals surface area contributed by atoms with Crippen LogP contribution in [0.5, 0.6) is 0 Å². The zero-order chi connectivity index (χ0) is 24.9. The molecule has 2 aliphatic heterocycles. The van der Waals surface area contributed by atoms with E-state index >= 15 is 0 Å². The molecular weight excluding hydrogens is 476 g/mol. The van der Waals surface area contributed by atoms with Gasteiger partial charge in [0.05, 0.1) is 19.8 Å². The number of benzene rings is 1. The summed E-state index contributed by atoms with van der Waals surface area (Å²) in [6.45, 7) is 5.70. The van der Waals surface area contributed by atoms with Crippen molar-refractivity contribution in [1.29, 1.82) is 0 Å². The van der Waals surface area contributed by atoms with Crippen LogP contribution in [0.15, 0.2) is 36.7 Å². The van der Waals surface area contributed by atoms with Gasteiger partial charge >= 0.3 is 0 Å². The number of fused-ring (bicyclic) bond motifs is 1. The number of nitrogens with zero attached hydrogens (tertiary/aromatic N) is 5. The Labute approximate surface area is 216 Å². The molecule has 36 heavy (non-hydrogen) atoms. The fourth-order valence-electron chi connectivity index (χ4n) is 5.55. The minimum absolute atomic E-state index is 0.0449. The van der Waals surface area contributed by atoms with Crippen LogP contribution in [-0.2, 0) is 36.7 Å². The van der Waals surface area contributed by atoms with E-state index in [1.807, 2.05) is 29.8 Å². The van der Waals surface area contributed by atoms with Crippen LogP contribution in [-0.4, -0.2) is 45.4 Å². The van der Waals surface area contributed by atoms with Crippen molar-refractivity contribution >= 4 is 23.3 Å². The molecule has 6 rings (SSSR count). The molecule has 2 aromatic heterocycles. The summed E-state index contributed by atoms with van der Waals surface area (Å²) in [4.78, 5) is 19.8. The monoisotopic (exact) mass is 506 g/mol. The van der Waals surface area contributed by atoms with Crippen LogP contribution in [0.2, 0.25) is 5.15 Å². The van der Waals surface area contributed by atoms with Crippen molar-refractivity contribution in [2.75, 3.05) is 24.7 Å². The van der Waals surface area contributed by atoms with Crippen LogP contribution < -0.4 is 10.2 Å². The SMILES string of the molecule is Cn1cnnc1CC1(c2ccc3c(c2)C(=O)N(c2cc(CNCC4(C)CCC4)cc(Cl)n2)C3)COC1. The zero-order valence-electron chi connectivity index (χ0n) is 20.8. The van der Waals surface area contributed by atoms with Crippen LogP contribution >= 0.6 is 11.6 Å². The van der Waals surface area contributed by atoms with Crippen molar-refractivity contribution in [3.8, 4) is 0 Å². The Morgan fingerprint density at radius 1 is 1.19 bits per heavy atom. The number of aromatic nitrogens is 4. The van der Waals surface area contributed by atoms with Gasteiger partial charge in [-0.05, 0) is 53.1 Å². The fraction of sp³-hybridized carbons (Fsp3) is 0.481. The van der Waals surface area contributed by atoms with Crippen LogP contribution in [0.25, 0.3) is 0 Å². The molecule has 1 N–H and O–H groups in total. The first-order valence-electron chi connectivity index (χ1n) is 12.6. The molecule has 0 atom stereocenters. The summed E-state index contributed by atoms with van der Waals surface area (Å²) in [5, 5.41) is 12.2. The topological polar surface area (TPSA) is 85.2 Å².